The molecule has 2 aromatic carbocycles. The molecule has 33 heavy (non-hydrogen) atoms. The van der Waals surface area contributed by atoms with Crippen molar-refractivity contribution in [3.8, 4) is 17.1 Å². The first-order valence-electron chi connectivity index (χ1n) is 10.7. The summed E-state index contributed by atoms with van der Waals surface area (Å²) in [7, 11) is 1.83. The van der Waals surface area contributed by atoms with Crippen LogP contribution in [0, 0.1) is 12.4 Å². The number of aromatic nitrogens is 4. The minimum absolute atomic E-state index is 0.0781. The molecule has 1 saturated heterocycles. The molecular formula is C24H22FN7O. The molecule has 1 aliphatic rings. The number of hydrogen-bond acceptors (Lipinski definition) is 5. The molecule has 2 N–H and O–H groups in total. The van der Waals surface area contributed by atoms with Gasteiger partial charge in [-0.25, -0.2) is 14.2 Å². The number of hydrogen-bond donors (Lipinski definition) is 1. The minimum atomic E-state index is -0.652. The van der Waals surface area contributed by atoms with Gasteiger partial charge in [0.05, 0.1) is 17.8 Å². The summed E-state index contributed by atoms with van der Waals surface area (Å²) in [6.45, 7) is 8.52. The zero-order chi connectivity index (χ0) is 23.1. The van der Waals surface area contributed by atoms with Gasteiger partial charge in [0.1, 0.15) is 17.5 Å². The summed E-state index contributed by atoms with van der Waals surface area (Å²) in [5, 5.41) is 5.25. The summed E-state index contributed by atoms with van der Waals surface area (Å²) in [5.41, 5.74) is 7.50. The Hall–Kier alpha value is -4.03. The van der Waals surface area contributed by atoms with E-state index >= 15 is 0 Å². The Morgan fingerprint density at radius 1 is 1.15 bits per heavy atom. The number of benzene rings is 2. The van der Waals surface area contributed by atoms with Crippen LogP contribution in [-0.2, 0) is 7.05 Å². The molecule has 0 radical (unpaired) electrons. The maximum absolute atomic E-state index is 14.5. The molecule has 9 heteroatoms. The second kappa shape index (κ2) is 8.15. The van der Waals surface area contributed by atoms with Crippen molar-refractivity contribution in [1.29, 1.82) is 0 Å². The second-order valence-corrected chi connectivity index (χ2v) is 8.26. The van der Waals surface area contributed by atoms with Gasteiger partial charge in [-0.2, -0.15) is 5.10 Å². The van der Waals surface area contributed by atoms with Gasteiger partial charge < -0.3 is 10.6 Å². The summed E-state index contributed by atoms with van der Waals surface area (Å²) in [4.78, 5) is 23.4. The van der Waals surface area contributed by atoms with Gasteiger partial charge in [0.25, 0.3) is 5.56 Å². The molecule has 2 aromatic heterocycles. The third-order valence-electron chi connectivity index (χ3n) is 5.96. The van der Waals surface area contributed by atoms with Crippen molar-refractivity contribution in [2.24, 2.45) is 12.8 Å². The van der Waals surface area contributed by atoms with E-state index in [1.165, 1.54) is 22.8 Å². The van der Waals surface area contributed by atoms with Crippen LogP contribution >= 0.6 is 0 Å². The number of halogens is 1. The van der Waals surface area contributed by atoms with Crippen LogP contribution in [0.1, 0.15) is 12.8 Å². The van der Waals surface area contributed by atoms with Crippen molar-refractivity contribution in [1.82, 2.24) is 19.3 Å². The van der Waals surface area contributed by atoms with E-state index in [2.05, 4.69) is 9.94 Å². The lowest BCUT2D eigenvalue weighted by molar-refractivity contribution is 0.498. The third-order valence-corrected chi connectivity index (χ3v) is 5.96. The number of rotatable bonds is 3. The molecule has 0 atom stereocenters. The van der Waals surface area contributed by atoms with Crippen LogP contribution in [0.15, 0.2) is 53.5 Å². The van der Waals surface area contributed by atoms with E-state index in [1.54, 1.807) is 16.8 Å². The van der Waals surface area contributed by atoms with E-state index in [1.807, 2.05) is 30.3 Å². The van der Waals surface area contributed by atoms with Gasteiger partial charge in [0, 0.05) is 49.4 Å². The van der Waals surface area contributed by atoms with Crippen LogP contribution in [0.25, 0.3) is 32.8 Å². The molecule has 0 saturated carbocycles. The molecule has 0 unspecified atom stereocenters. The van der Waals surface area contributed by atoms with Crippen LogP contribution in [-0.4, -0.2) is 38.5 Å². The Morgan fingerprint density at radius 3 is 2.67 bits per heavy atom. The smallest absolute Gasteiger partial charge is 0.260 e. The first kappa shape index (κ1) is 20.8. The number of fused-ring (bicyclic) bond motifs is 1. The van der Waals surface area contributed by atoms with Crippen molar-refractivity contribution in [2.75, 3.05) is 18.0 Å². The first-order valence-corrected chi connectivity index (χ1v) is 10.7. The lowest BCUT2D eigenvalue weighted by Crippen LogP contribution is -2.40. The molecule has 0 aliphatic carbocycles. The van der Waals surface area contributed by atoms with Gasteiger partial charge in [0.2, 0.25) is 5.69 Å². The highest BCUT2D eigenvalue weighted by atomic mass is 19.1. The molecule has 0 bridgehead atoms. The Kier molecular flexibility index (Phi) is 5.15. The van der Waals surface area contributed by atoms with Crippen molar-refractivity contribution in [3.05, 3.63) is 76.2 Å². The van der Waals surface area contributed by atoms with E-state index in [-0.39, 0.29) is 17.3 Å². The van der Waals surface area contributed by atoms with Crippen molar-refractivity contribution < 1.29 is 4.39 Å². The van der Waals surface area contributed by atoms with Crippen molar-refractivity contribution in [3.63, 3.8) is 0 Å². The fourth-order valence-corrected chi connectivity index (χ4v) is 4.22. The highest BCUT2D eigenvalue weighted by Crippen LogP contribution is 2.28. The summed E-state index contributed by atoms with van der Waals surface area (Å²) >= 11 is 0. The number of anilines is 1. The summed E-state index contributed by atoms with van der Waals surface area (Å²) in [5.74, 6) is 0.196. The predicted molar refractivity (Wildman–Crippen MR) is 125 cm³/mol. The summed E-state index contributed by atoms with van der Waals surface area (Å²) < 4.78 is 17.7. The minimum Gasteiger partial charge on any atom is -0.356 e. The molecule has 0 spiro atoms. The number of nitrogens with two attached hydrogens (primary N) is 1. The van der Waals surface area contributed by atoms with E-state index in [4.69, 9.17) is 17.3 Å². The number of piperidine rings is 1. The highest BCUT2D eigenvalue weighted by Gasteiger charge is 2.21. The van der Waals surface area contributed by atoms with Crippen LogP contribution in [0.3, 0.4) is 0 Å². The molecule has 1 fully saturated rings. The molecule has 3 heterocycles. The Bertz CT molecular complexity index is 1460. The largest absolute Gasteiger partial charge is 0.356 e. The Morgan fingerprint density at radius 2 is 1.94 bits per heavy atom. The Labute approximate surface area is 189 Å². The van der Waals surface area contributed by atoms with Gasteiger partial charge in [0.15, 0.2) is 0 Å². The molecule has 8 nitrogen and oxygen atoms in total. The quantitative estimate of drug-likeness (QED) is 0.491. The number of aryl methyl sites for hydroxylation is 1. The molecule has 1 aliphatic heterocycles. The third kappa shape index (κ3) is 3.85. The van der Waals surface area contributed by atoms with Crippen LogP contribution in [0.5, 0.6) is 0 Å². The van der Waals surface area contributed by atoms with Crippen LogP contribution < -0.4 is 16.2 Å². The monoisotopic (exact) mass is 443 g/mol. The summed E-state index contributed by atoms with van der Waals surface area (Å²) in [6.07, 6.45) is 3.49. The fourth-order valence-electron chi connectivity index (χ4n) is 4.22. The van der Waals surface area contributed by atoms with Crippen LogP contribution in [0.4, 0.5) is 15.9 Å². The standard InChI is InChI=1S/C24H22FN7O/c1-27-21-5-3-15(12-19(21)25)24-28-22(31-9-7-17(26)8-10-31)13-23(33)32(24)18-4-6-20-16(11-18)14-30(2)29-20/h3-6,11-14,17H,7-10,26H2,2H3. The maximum Gasteiger partial charge on any atom is 0.260 e. The van der Waals surface area contributed by atoms with Gasteiger partial charge in [-0.15, -0.1) is 0 Å². The van der Waals surface area contributed by atoms with Crippen molar-refractivity contribution >= 4 is 22.4 Å². The average molecular weight is 443 g/mol. The molecule has 4 aromatic rings. The first-order chi connectivity index (χ1) is 15.9. The SMILES string of the molecule is [C-]#[N+]c1ccc(-c2nc(N3CCC(N)CC3)cc(=O)n2-c2ccc3nn(C)cc3c2)cc1F. The van der Waals surface area contributed by atoms with Gasteiger partial charge >= 0.3 is 0 Å². The van der Waals surface area contributed by atoms with Crippen LogP contribution in [0.2, 0.25) is 0 Å². The number of nitrogens with zero attached hydrogens (tertiary/aromatic N) is 6. The van der Waals surface area contributed by atoms with Gasteiger partial charge in [-0.3, -0.25) is 14.0 Å². The molecule has 0 amide bonds. The van der Waals surface area contributed by atoms with E-state index in [0.29, 0.717) is 36.0 Å². The van der Waals surface area contributed by atoms with Crippen molar-refractivity contribution in [2.45, 2.75) is 18.9 Å². The van der Waals surface area contributed by atoms with E-state index < -0.39 is 5.82 Å². The lowest BCUT2D eigenvalue weighted by atomic mass is 10.1. The molecule has 5 rings (SSSR count). The fraction of sp³-hybridized carbons (Fsp3) is 0.250. The van der Waals surface area contributed by atoms with E-state index in [9.17, 15) is 9.18 Å². The zero-order valence-electron chi connectivity index (χ0n) is 18.1. The van der Waals surface area contributed by atoms with Gasteiger partial charge in [-0.05, 0) is 37.1 Å². The maximum atomic E-state index is 14.5. The molecule has 166 valence electrons. The molecular weight excluding hydrogens is 421 g/mol. The second-order valence-electron chi connectivity index (χ2n) is 8.26. The highest BCUT2D eigenvalue weighted by molar-refractivity contribution is 5.81. The van der Waals surface area contributed by atoms with E-state index in [0.717, 1.165) is 23.7 Å². The normalized spacial score (nSPS) is 14.5. The topological polar surface area (TPSA) is 86.3 Å². The summed E-state index contributed by atoms with van der Waals surface area (Å²) in [6, 6.07) is 11.4. The zero-order valence-corrected chi connectivity index (χ0v) is 18.1. The average Bonchev–Trinajstić information content (AvgIpc) is 3.18. The lowest BCUT2D eigenvalue weighted by Gasteiger charge is -2.31. The van der Waals surface area contributed by atoms with Gasteiger partial charge in [-0.1, -0.05) is 12.1 Å². The Balaban J connectivity index is 1.71. The predicted octanol–water partition coefficient (Wildman–Crippen LogP) is 3.40.